The third kappa shape index (κ3) is 44.0. The molecule has 11 atom stereocenters. The van der Waals surface area contributed by atoms with Crippen molar-refractivity contribution in [2.24, 2.45) is 29.0 Å². The van der Waals surface area contributed by atoms with Gasteiger partial charge in [-0.15, -0.1) is 0 Å². The van der Waals surface area contributed by atoms with Crippen LogP contribution in [0.2, 0.25) is 0 Å². The molecule has 2 aromatic rings. The Bertz CT molecular complexity index is 3820. The Morgan fingerprint density at radius 1 is 0.551 bits per heavy atom. The van der Waals surface area contributed by atoms with Crippen molar-refractivity contribution in [2.75, 3.05) is 144 Å². The summed E-state index contributed by atoms with van der Waals surface area (Å²) in [6.45, 7) is 6.58. The number of urea groups is 1. The van der Waals surface area contributed by atoms with Gasteiger partial charge in [-0.3, -0.25) is 71.9 Å². The fourth-order valence-electron chi connectivity index (χ4n) is 13.5. The number of primary amides is 1. The molecule has 0 radical (unpaired) electrons. The van der Waals surface area contributed by atoms with Crippen LogP contribution in [0.15, 0.2) is 42.9 Å². The summed E-state index contributed by atoms with van der Waals surface area (Å²) in [7, 11) is 0. The first-order chi connectivity index (χ1) is 60.9. The Labute approximate surface area is 742 Å². The third-order valence-electron chi connectivity index (χ3n) is 20.1. The molecule has 0 bridgehead atoms. The van der Waals surface area contributed by atoms with Crippen LogP contribution in [0.1, 0.15) is 129 Å². The Balaban J connectivity index is 0.868. The number of rotatable bonds is 67. The van der Waals surface area contributed by atoms with E-state index in [1.54, 1.807) is 44.2 Å². The van der Waals surface area contributed by atoms with Crippen molar-refractivity contribution in [3.8, 4) is 0 Å². The van der Waals surface area contributed by atoms with Gasteiger partial charge in [0.25, 0.3) is 0 Å². The van der Waals surface area contributed by atoms with Crippen LogP contribution in [0.5, 0.6) is 0 Å². The van der Waals surface area contributed by atoms with E-state index in [-0.39, 0.29) is 180 Å². The predicted octanol–water partition coefficient (Wildman–Crippen LogP) is -5.98. The van der Waals surface area contributed by atoms with E-state index in [4.69, 9.17) is 45.6 Å². The summed E-state index contributed by atoms with van der Waals surface area (Å²) in [4.78, 5) is 229. The highest BCUT2D eigenvalue weighted by atomic mass is 32.2. The number of thioether (sulfide) groups is 1. The minimum absolute atomic E-state index is 0.0441. The number of hydrogen-bond donors (Lipinski definition) is 20. The van der Waals surface area contributed by atoms with E-state index in [9.17, 15) is 86.6 Å². The van der Waals surface area contributed by atoms with E-state index < -0.39 is 169 Å². The largest absolute Gasteiger partial charge is 0.480 e. The lowest BCUT2D eigenvalue weighted by Gasteiger charge is -2.32. The number of benzene rings is 1. The normalized spacial score (nSPS) is 16.7. The van der Waals surface area contributed by atoms with Gasteiger partial charge in [0, 0.05) is 74.9 Å². The van der Waals surface area contributed by atoms with Crippen LogP contribution in [0.3, 0.4) is 0 Å². The van der Waals surface area contributed by atoms with Gasteiger partial charge in [-0.1, -0.05) is 64.4 Å². The fourth-order valence-corrected chi connectivity index (χ4v) is 15.0. The second-order valence-electron chi connectivity index (χ2n) is 31.3. The molecule has 23 N–H and O–H groups in total. The molecule has 3 aliphatic heterocycles. The minimum Gasteiger partial charge on any atom is -0.480 e. The summed E-state index contributed by atoms with van der Waals surface area (Å²) in [6.07, 6.45) is 7.77. The number of fused-ring (bicyclic) bond motifs is 1. The highest BCUT2D eigenvalue weighted by Crippen LogP contribution is 2.33. The number of H-pyrrole nitrogens is 1. The molecule has 3 aliphatic rings. The summed E-state index contributed by atoms with van der Waals surface area (Å²) in [5.41, 5.74) is 18.1. The van der Waals surface area contributed by atoms with Crippen molar-refractivity contribution >= 4 is 112 Å². The van der Waals surface area contributed by atoms with E-state index in [0.29, 0.717) is 61.6 Å². The number of nitrogens with one attached hydrogen (secondary N) is 16. The van der Waals surface area contributed by atoms with E-state index in [1.165, 1.54) is 17.4 Å². The number of aromatic amines is 1. The molecule has 3 saturated heterocycles. The standard InChI is InChI=1S/C81H131N21O24S/c1-50(2)37-59(98-75(113)57(38-52-15-6-5-7-16-52)97-76(114)58(39-53-41-85-49-93-53)96-73(111)54(83)40-63(84)103)79(117)102-27-14-19-61(102)77(115)95-55(17-10-12-22-82)74(112)100-71(51(3)4)78(116)92-44-67(107)91-43-66(106)90-42-65(105)87-24-28-121-31-34-124-45-68(108)88-25-29-122-32-35-125-46-69(109)89-26-30-123-33-36-126-47-70(110)94-56(80(118)119)18-11-13-23-86-64(104)21-9-8-20-62-72-60(48-127-62)99-81(120)101-72/h5-7,15-16,41,49-51,54-62,71-72H,8-14,17-40,42-48,82-83H2,1-4H3,(H2,84,103)(H,85,93)(H,86,104)(H,87,105)(H,88,108)(H,89,109)(H,90,106)(H,91,107)(H,92,116)(H,94,110)(H,95,115)(H,96,111)(H,97,114)(H,98,113)(H,100,112)(H,118,119)(H2,99,101,120)/t54-,55-,56-,57-,58-,59-,60-,61-,62-,71-,72-/m0/s1. The molecule has 45 nitrogen and oxygen atoms in total. The number of likely N-dealkylation sites (tertiary alicyclic amines) is 1. The van der Waals surface area contributed by atoms with Gasteiger partial charge in [0.1, 0.15) is 62.1 Å². The second-order valence-corrected chi connectivity index (χ2v) is 32.6. The molecule has 3 fully saturated rings. The molecule has 0 saturated carbocycles. The number of unbranched alkanes of at least 4 members (excludes halogenated alkanes) is 3. The SMILES string of the molecule is CC(C)C[C@H](NC(=O)[C@H](Cc1ccccc1)NC(=O)[C@H](Cc1cnc[nH]1)NC(=O)[C@@H](N)CC(N)=O)C(=O)N1CCC[C@H]1C(=O)N[C@@H](CCCCN)C(=O)N[C@H](C(=O)NCC(=O)NCC(=O)NCC(=O)NCCOCCOCC(=O)NCCOCCOCC(=O)NCCOCCOCC(=O)N[C@@H](CCCCNC(=O)CCCC[C@@H]1SC[C@@H]2NC(=O)N[C@@H]21)C(=O)O)C(C)C. The van der Waals surface area contributed by atoms with E-state index in [1.807, 2.05) is 25.6 Å². The maximum atomic E-state index is 14.8. The third-order valence-corrected chi connectivity index (χ3v) is 21.6. The Kier molecular flexibility index (Phi) is 51.2. The number of carbonyl (C=O) groups is 17. The Hall–Kier alpha value is -10.7. The fraction of sp³-hybridized carbons (Fsp3) is 0.679. The first kappa shape index (κ1) is 107. The van der Waals surface area contributed by atoms with Crippen LogP contribution in [-0.4, -0.2) is 330 Å². The second kappa shape index (κ2) is 60.8. The van der Waals surface area contributed by atoms with Crippen LogP contribution in [0.25, 0.3) is 0 Å². The van der Waals surface area contributed by atoms with Crippen LogP contribution >= 0.6 is 11.8 Å². The highest BCUT2D eigenvalue weighted by Gasteiger charge is 2.44. The number of carbonyl (C=O) groups excluding carboxylic acids is 16. The minimum atomic E-state index is -1.39. The predicted molar refractivity (Wildman–Crippen MR) is 459 cm³/mol. The number of nitrogens with two attached hydrogens (primary N) is 3. The molecule has 0 aliphatic carbocycles. The number of ether oxygens (including phenoxy) is 6. The van der Waals surface area contributed by atoms with Crippen LogP contribution in [0, 0.1) is 11.8 Å². The Morgan fingerprint density at radius 2 is 1.09 bits per heavy atom. The van der Waals surface area contributed by atoms with Crippen molar-refractivity contribution in [1.29, 1.82) is 0 Å². The van der Waals surface area contributed by atoms with Crippen molar-refractivity contribution in [3.63, 3.8) is 0 Å². The number of carboxylic acids is 1. The van der Waals surface area contributed by atoms with Gasteiger partial charge in [-0.05, 0) is 94.6 Å². The number of hydrogen-bond acceptors (Lipinski definition) is 27. The smallest absolute Gasteiger partial charge is 0.326 e. The van der Waals surface area contributed by atoms with Gasteiger partial charge in [-0.2, -0.15) is 11.8 Å². The zero-order valence-corrected chi connectivity index (χ0v) is 73.6. The Morgan fingerprint density at radius 3 is 1.68 bits per heavy atom. The molecule has 710 valence electrons. The number of carboxylic acid groups (broad SMARTS) is 1. The number of imidazole rings is 1. The van der Waals surface area contributed by atoms with Crippen LogP contribution in [0.4, 0.5) is 4.79 Å². The number of aliphatic carboxylic acids is 1. The van der Waals surface area contributed by atoms with Crippen molar-refractivity contribution < 1.29 is 115 Å². The summed E-state index contributed by atoms with van der Waals surface area (Å²) in [5, 5.41) is 49.6. The van der Waals surface area contributed by atoms with E-state index in [2.05, 4.69) is 89.7 Å². The van der Waals surface area contributed by atoms with E-state index in [0.717, 1.165) is 25.0 Å². The molecule has 5 rings (SSSR count). The maximum Gasteiger partial charge on any atom is 0.326 e. The zero-order chi connectivity index (χ0) is 92.8. The molecule has 1 aromatic heterocycles. The molecular formula is C81H131N21O24S. The molecule has 1 aromatic carbocycles. The van der Waals surface area contributed by atoms with Crippen molar-refractivity contribution in [1.82, 2.24) is 94.6 Å². The molecular weight excluding hydrogens is 1680 g/mol. The molecule has 0 unspecified atom stereocenters. The van der Waals surface area contributed by atoms with Crippen LogP contribution in [-0.2, 0) is 118 Å². The summed E-state index contributed by atoms with van der Waals surface area (Å²) >= 11 is 1.83. The lowest BCUT2D eigenvalue weighted by atomic mass is 9.99. The maximum absolute atomic E-state index is 14.8. The quantitative estimate of drug-likeness (QED) is 0.0217. The van der Waals surface area contributed by atoms with Gasteiger partial charge in [0.05, 0.1) is 110 Å². The lowest BCUT2D eigenvalue weighted by molar-refractivity contribution is -0.143. The van der Waals surface area contributed by atoms with E-state index >= 15 is 0 Å². The van der Waals surface area contributed by atoms with Gasteiger partial charge in [0.2, 0.25) is 88.6 Å². The van der Waals surface area contributed by atoms with Crippen molar-refractivity contribution in [2.45, 2.75) is 196 Å². The molecule has 4 heterocycles. The molecule has 0 spiro atoms. The van der Waals surface area contributed by atoms with Gasteiger partial charge >= 0.3 is 12.0 Å². The highest BCUT2D eigenvalue weighted by molar-refractivity contribution is 8.00. The molecule has 127 heavy (non-hydrogen) atoms. The topological polar surface area (TPSA) is 656 Å². The first-order valence-electron chi connectivity index (χ1n) is 43.0. The summed E-state index contributed by atoms with van der Waals surface area (Å²) < 4.78 is 32.1. The molecule has 17 amide bonds. The van der Waals surface area contributed by atoms with Gasteiger partial charge in [-0.25, -0.2) is 14.6 Å². The average Bonchev–Trinajstić information content (AvgIpc) is 1.68. The lowest BCUT2D eigenvalue weighted by Crippen LogP contribution is -2.60. The first-order valence-corrected chi connectivity index (χ1v) is 44.1. The van der Waals surface area contributed by atoms with Crippen LogP contribution < -0.4 is 97.0 Å². The van der Waals surface area contributed by atoms with Crippen molar-refractivity contribution in [3.05, 3.63) is 54.1 Å². The average molecular weight is 1820 g/mol. The van der Waals surface area contributed by atoms with Gasteiger partial charge < -0.3 is 140 Å². The number of aromatic nitrogens is 2. The zero-order valence-electron chi connectivity index (χ0n) is 72.8. The monoisotopic (exact) mass is 1810 g/mol. The summed E-state index contributed by atoms with van der Waals surface area (Å²) in [5.74, 6) is -10.7. The number of amides is 17. The summed E-state index contributed by atoms with van der Waals surface area (Å²) in [6, 6.07) is -1.07. The number of nitrogens with zero attached hydrogens (tertiary/aromatic N) is 2. The molecule has 46 heteroatoms. The van der Waals surface area contributed by atoms with Gasteiger partial charge in [0.15, 0.2) is 0 Å².